The maximum atomic E-state index is 12.8. The molecule has 0 unspecified atom stereocenters. The Balaban J connectivity index is 1.72. The van der Waals surface area contributed by atoms with Gasteiger partial charge in [0.1, 0.15) is 4.83 Å². The van der Waals surface area contributed by atoms with E-state index >= 15 is 0 Å². The number of amides is 1. The molecule has 0 aliphatic heterocycles. The van der Waals surface area contributed by atoms with Gasteiger partial charge in [-0.3, -0.25) is 14.2 Å². The third-order valence-electron chi connectivity index (χ3n) is 4.57. The summed E-state index contributed by atoms with van der Waals surface area (Å²) in [4.78, 5) is 34.7. The number of thiophene rings is 2. The van der Waals surface area contributed by atoms with Crippen molar-refractivity contribution in [1.82, 2.24) is 14.5 Å². The maximum absolute atomic E-state index is 12.8. The Morgan fingerprint density at radius 3 is 2.89 bits per heavy atom. The molecule has 1 amide bonds. The summed E-state index contributed by atoms with van der Waals surface area (Å²) in [6, 6.07) is 3.99. The van der Waals surface area contributed by atoms with Crippen molar-refractivity contribution in [3.05, 3.63) is 49.5 Å². The lowest BCUT2D eigenvalue weighted by atomic mass is 10.2. The first-order chi connectivity index (χ1) is 13.0. The van der Waals surface area contributed by atoms with Crippen LogP contribution >= 0.6 is 22.7 Å². The molecule has 0 N–H and O–H groups in total. The molecule has 0 fully saturated rings. The smallest absolute Gasteiger partial charge is 0.262 e. The predicted octanol–water partition coefficient (Wildman–Crippen LogP) is 3.20. The van der Waals surface area contributed by atoms with E-state index in [1.54, 1.807) is 34.2 Å². The summed E-state index contributed by atoms with van der Waals surface area (Å²) in [7, 11) is 1.62. The molecule has 3 rings (SSSR count). The Bertz CT molecular complexity index is 976. The molecule has 27 heavy (non-hydrogen) atoms. The Morgan fingerprint density at radius 2 is 2.19 bits per heavy atom. The molecule has 0 spiro atoms. The van der Waals surface area contributed by atoms with E-state index in [2.05, 4.69) is 4.98 Å². The molecular weight excluding hydrogens is 382 g/mol. The van der Waals surface area contributed by atoms with Crippen molar-refractivity contribution < 1.29 is 9.53 Å². The average Bonchev–Trinajstić information content (AvgIpc) is 3.26. The largest absolute Gasteiger partial charge is 0.383 e. The highest BCUT2D eigenvalue weighted by atomic mass is 32.1. The number of aryl methyl sites for hydroxylation is 3. The molecule has 0 atom stereocenters. The van der Waals surface area contributed by atoms with Crippen molar-refractivity contribution in [1.29, 1.82) is 0 Å². The highest BCUT2D eigenvalue weighted by Crippen LogP contribution is 2.25. The van der Waals surface area contributed by atoms with Crippen LogP contribution in [0.2, 0.25) is 0 Å². The minimum Gasteiger partial charge on any atom is -0.383 e. The number of rotatable bonds is 8. The van der Waals surface area contributed by atoms with Gasteiger partial charge in [-0.2, -0.15) is 0 Å². The second kappa shape index (κ2) is 8.77. The monoisotopic (exact) mass is 405 g/mol. The molecule has 3 heterocycles. The second-order valence-electron chi connectivity index (χ2n) is 6.34. The quantitative estimate of drug-likeness (QED) is 0.577. The van der Waals surface area contributed by atoms with E-state index in [0.29, 0.717) is 31.6 Å². The average molecular weight is 406 g/mol. The van der Waals surface area contributed by atoms with E-state index in [0.717, 1.165) is 20.1 Å². The van der Waals surface area contributed by atoms with E-state index in [9.17, 15) is 9.59 Å². The van der Waals surface area contributed by atoms with Gasteiger partial charge in [-0.25, -0.2) is 4.98 Å². The van der Waals surface area contributed by atoms with Gasteiger partial charge in [0, 0.05) is 36.4 Å². The number of hydrogen-bond acceptors (Lipinski definition) is 6. The molecule has 0 saturated heterocycles. The van der Waals surface area contributed by atoms with Crippen molar-refractivity contribution in [3.63, 3.8) is 0 Å². The molecule has 0 radical (unpaired) electrons. The van der Waals surface area contributed by atoms with Crippen LogP contribution in [0.15, 0.2) is 28.6 Å². The van der Waals surface area contributed by atoms with Crippen LogP contribution in [0, 0.1) is 13.8 Å². The van der Waals surface area contributed by atoms with Crippen LogP contribution in [0.4, 0.5) is 0 Å². The number of carbonyl (C=O) groups is 1. The molecule has 0 saturated carbocycles. The van der Waals surface area contributed by atoms with Crippen LogP contribution in [0.3, 0.4) is 0 Å². The van der Waals surface area contributed by atoms with E-state index < -0.39 is 0 Å². The van der Waals surface area contributed by atoms with Gasteiger partial charge in [0.25, 0.3) is 5.56 Å². The number of hydrogen-bond donors (Lipinski definition) is 0. The number of aromatic nitrogens is 2. The SMILES string of the molecule is COCCN(Cc1cccs1)C(=O)CCn1cnc2sc(C)c(C)c2c1=O. The molecule has 0 bridgehead atoms. The maximum Gasteiger partial charge on any atom is 0.262 e. The topological polar surface area (TPSA) is 64.4 Å². The molecule has 6 nitrogen and oxygen atoms in total. The van der Waals surface area contributed by atoms with E-state index in [1.165, 1.54) is 11.3 Å². The van der Waals surface area contributed by atoms with Crippen molar-refractivity contribution >= 4 is 38.8 Å². The van der Waals surface area contributed by atoms with Gasteiger partial charge in [-0.05, 0) is 30.9 Å². The van der Waals surface area contributed by atoms with Crippen LogP contribution < -0.4 is 5.56 Å². The normalized spacial score (nSPS) is 11.2. The fraction of sp³-hybridized carbons (Fsp3) is 0.421. The summed E-state index contributed by atoms with van der Waals surface area (Å²) in [5.41, 5.74) is 0.906. The standard InChI is InChI=1S/C19H23N3O3S2/c1-13-14(2)27-18-17(13)19(24)22(12-20-18)7-6-16(23)21(8-9-25-3)11-15-5-4-10-26-15/h4-5,10,12H,6-9,11H2,1-3H3. The lowest BCUT2D eigenvalue weighted by Crippen LogP contribution is -2.34. The molecular formula is C19H23N3O3S2. The van der Waals surface area contributed by atoms with E-state index in [-0.39, 0.29) is 17.9 Å². The van der Waals surface area contributed by atoms with Gasteiger partial charge in [0.2, 0.25) is 5.91 Å². The van der Waals surface area contributed by atoms with E-state index in [1.807, 2.05) is 31.4 Å². The summed E-state index contributed by atoms with van der Waals surface area (Å²) in [5, 5.41) is 2.67. The van der Waals surface area contributed by atoms with Gasteiger partial charge in [-0.15, -0.1) is 22.7 Å². The van der Waals surface area contributed by atoms with Crippen LogP contribution in [-0.2, 0) is 22.6 Å². The van der Waals surface area contributed by atoms with Gasteiger partial charge >= 0.3 is 0 Å². The fourth-order valence-electron chi connectivity index (χ4n) is 2.89. The Kier molecular flexibility index (Phi) is 6.41. The minimum atomic E-state index is -0.0728. The third kappa shape index (κ3) is 4.45. The third-order valence-corrected chi connectivity index (χ3v) is 6.54. The molecule has 8 heteroatoms. The van der Waals surface area contributed by atoms with Crippen LogP contribution in [0.5, 0.6) is 0 Å². The highest BCUT2D eigenvalue weighted by molar-refractivity contribution is 7.18. The number of fused-ring (bicyclic) bond motifs is 1. The van der Waals surface area contributed by atoms with Crippen LogP contribution in [0.1, 0.15) is 21.7 Å². The van der Waals surface area contributed by atoms with Gasteiger partial charge in [-0.1, -0.05) is 6.07 Å². The summed E-state index contributed by atoms with van der Waals surface area (Å²) in [6.07, 6.45) is 1.80. The van der Waals surface area contributed by atoms with Crippen molar-refractivity contribution in [2.75, 3.05) is 20.3 Å². The summed E-state index contributed by atoms with van der Waals surface area (Å²) >= 11 is 3.16. The molecule has 0 aliphatic rings. The highest BCUT2D eigenvalue weighted by Gasteiger charge is 2.16. The Morgan fingerprint density at radius 1 is 1.37 bits per heavy atom. The zero-order valence-corrected chi connectivity index (χ0v) is 17.4. The first-order valence-electron chi connectivity index (χ1n) is 8.75. The fourth-order valence-corrected chi connectivity index (χ4v) is 4.59. The molecule has 0 aromatic carbocycles. The number of nitrogens with zero attached hydrogens (tertiary/aromatic N) is 3. The van der Waals surface area contributed by atoms with Crippen molar-refractivity contribution in [3.8, 4) is 0 Å². The molecule has 3 aromatic heterocycles. The van der Waals surface area contributed by atoms with Gasteiger partial charge in [0.15, 0.2) is 0 Å². The lowest BCUT2D eigenvalue weighted by Gasteiger charge is -2.22. The molecule has 144 valence electrons. The molecule has 0 aliphatic carbocycles. The van der Waals surface area contributed by atoms with Crippen molar-refractivity contribution in [2.45, 2.75) is 33.4 Å². The summed E-state index contributed by atoms with van der Waals surface area (Å²) in [6.45, 7) is 5.84. The summed E-state index contributed by atoms with van der Waals surface area (Å²) < 4.78 is 6.67. The predicted molar refractivity (Wildman–Crippen MR) is 110 cm³/mol. The zero-order valence-electron chi connectivity index (χ0n) is 15.7. The number of methoxy groups -OCH3 is 1. The Hall–Kier alpha value is -2.03. The van der Waals surface area contributed by atoms with Crippen LogP contribution in [-0.4, -0.2) is 40.6 Å². The van der Waals surface area contributed by atoms with Crippen LogP contribution in [0.25, 0.3) is 10.2 Å². The first-order valence-corrected chi connectivity index (χ1v) is 10.4. The minimum absolute atomic E-state index is 0.00525. The first kappa shape index (κ1) is 19.7. The van der Waals surface area contributed by atoms with Gasteiger partial charge in [0.05, 0.1) is 24.9 Å². The number of ether oxygens (including phenoxy) is 1. The molecule has 3 aromatic rings. The van der Waals surface area contributed by atoms with E-state index in [4.69, 9.17) is 4.74 Å². The Labute approximate surface area is 166 Å². The van der Waals surface area contributed by atoms with Gasteiger partial charge < -0.3 is 9.64 Å². The number of carbonyl (C=O) groups excluding carboxylic acids is 1. The summed E-state index contributed by atoms with van der Waals surface area (Å²) in [5.74, 6) is 0.00525. The van der Waals surface area contributed by atoms with Crippen molar-refractivity contribution in [2.24, 2.45) is 0 Å². The second-order valence-corrected chi connectivity index (χ2v) is 8.58. The zero-order chi connectivity index (χ0) is 19.4. The lowest BCUT2D eigenvalue weighted by molar-refractivity contribution is -0.132.